The van der Waals surface area contributed by atoms with E-state index in [0.717, 1.165) is 0 Å². The van der Waals surface area contributed by atoms with E-state index in [1.54, 1.807) is 0 Å². The molecule has 0 aliphatic heterocycles. The van der Waals surface area contributed by atoms with E-state index in [0.29, 0.717) is 5.75 Å². The molecule has 0 rings (SSSR count). The standard InChI is InChI=1S/C4H10.C3H7O4PS/c1-3-4-2;4-1-2-9-3-7-8(5)6/h3-4H2,1-2H3;4H,1-3H2/p+1. The molecule has 2 N–H and O–H groups in total. The first-order valence-corrected chi connectivity index (χ1v) is 6.45. The molecule has 0 radical (unpaired) electrons. The number of hydrogen-bond donors (Lipinski definition) is 2. The summed E-state index contributed by atoms with van der Waals surface area (Å²) < 4.78 is 14.1. The van der Waals surface area contributed by atoms with Gasteiger partial charge < -0.3 is 5.11 Å². The van der Waals surface area contributed by atoms with Crippen LogP contribution in [0.15, 0.2) is 0 Å². The highest BCUT2D eigenvalue weighted by Gasteiger charge is 2.09. The van der Waals surface area contributed by atoms with E-state index < -0.39 is 8.25 Å². The van der Waals surface area contributed by atoms with Crippen LogP contribution < -0.4 is 0 Å². The third-order valence-corrected chi connectivity index (χ3v) is 2.26. The van der Waals surface area contributed by atoms with Crippen LogP contribution in [0.5, 0.6) is 0 Å². The zero-order valence-electron chi connectivity index (χ0n) is 8.10. The molecule has 0 aromatic heterocycles. The minimum absolute atomic E-state index is 0.0657. The van der Waals surface area contributed by atoms with Crippen molar-refractivity contribution in [1.29, 1.82) is 0 Å². The third-order valence-electron chi connectivity index (χ3n) is 0.982. The highest BCUT2D eigenvalue weighted by molar-refractivity contribution is 7.99. The molecule has 0 fully saturated rings. The lowest BCUT2D eigenvalue weighted by Gasteiger charge is -1.88. The largest absolute Gasteiger partial charge is 0.695 e. The Hall–Kier alpha value is 0.330. The van der Waals surface area contributed by atoms with Crippen LogP contribution >= 0.6 is 20.0 Å². The second-order valence-corrected chi connectivity index (χ2v) is 3.90. The number of unbranched alkanes of at least 4 members (excludes halogenated alkanes) is 1. The Kier molecular flexibility index (Phi) is 18.0. The molecular formula is C7H18O4PS+. The molecule has 0 aromatic carbocycles. The van der Waals surface area contributed by atoms with Crippen LogP contribution in [0.3, 0.4) is 0 Å². The Morgan fingerprint density at radius 2 is 1.92 bits per heavy atom. The zero-order valence-corrected chi connectivity index (χ0v) is 9.81. The van der Waals surface area contributed by atoms with E-state index in [1.165, 1.54) is 24.6 Å². The average Bonchev–Trinajstić information content (AvgIpc) is 2.13. The number of thioether (sulfide) groups is 1. The molecular weight excluding hydrogens is 211 g/mol. The summed E-state index contributed by atoms with van der Waals surface area (Å²) in [7, 11) is -2.47. The van der Waals surface area contributed by atoms with E-state index >= 15 is 0 Å². The van der Waals surface area contributed by atoms with Gasteiger partial charge in [0, 0.05) is 10.3 Å². The first kappa shape index (κ1) is 15.8. The molecule has 0 aromatic rings. The van der Waals surface area contributed by atoms with Gasteiger partial charge in [0.2, 0.25) is 0 Å². The lowest BCUT2D eigenvalue weighted by atomic mass is 10.4. The molecule has 0 amide bonds. The molecule has 6 heteroatoms. The summed E-state index contributed by atoms with van der Waals surface area (Å²) in [6.45, 7) is 4.43. The Balaban J connectivity index is 0. The summed E-state index contributed by atoms with van der Waals surface area (Å²) in [5.41, 5.74) is 0. The van der Waals surface area contributed by atoms with Crippen molar-refractivity contribution in [2.24, 2.45) is 0 Å². The smallest absolute Gasteiger partial charge is 0.396 e. The summed E-state index contributed by atoms with van der Waals surface area (Å²) in [5.74, 6) is 0.690. The van der Waals surface area contributed by atoms with Crippen LogP contribution in [0.4, 0.5) is 0 Å². The van der Waals surface area contributed by atoms with Gasteiger partial charge >= 0.3 is 8.25 Å². The van der Waals surface area contributed by atoms with Gasteiger partial charge in [0.1, 0.15) is 0 Å². The quantitative estimate of drug-likeness (QED) is 0.415. The Bertz CT molecular complexity index is 111. The van der Waals surface area contributed by atoms with Crippen LogP contribution in [-0.2, 0) is 9.09 Å². The predicted octanol–water partition coefficient (Wildman–Crippen LogP) is 2.14. The van der Waals surface area contributed by atoms with Gasteiger partial charge in [0.05, 0.1) is 6.61 Å². The second kappa shape index (κ2) is 14.8. The Morgan fingerprint density at radius 3 is 2.23 bits per heavy atom. The van der Waals surface area contributed by atoms with Crippen molar-refractivity contribution in [2.45, 2.75) is 26.7 Å². The van der Waals surface area contributed by atoms with Gasteiger partial charge in [-0.25, -0.2) is 0 Å². The minimum Gasteiger partial charge on any atom is -0.396 e. The fourth-order valence-corrected chi connectivity index (χ4v) is 1.11. The predicted molar refractivity (Wildman–Crippen MR) is 55.9 cm³/mol. The van der Waals surface area contributed by atoms with Crippen molar-refractivity contribution in [3.05, 3.63) is 0 Å². The van der Waals surface area contributed by atoms with Gasteiger partial charge in [0.25, 0.3) is 0 Å². The Labute approximate surface area is 84.6 Å². The van der Waals surface area contributed by atoms with Gasteiger partial charge in [-0.3, -0.25) is 0 Å². The maximum atomic E-state index is 9.81. The number of aliphatic hydroxyl groups is 1. The maximum Gasteiger partial charge on any atom is 0.695 e. The van der Waals surface area contributed by atoms with Crippen LogP contribution in [0.25, 0.3) is 0 Å². The molecule has 0 heterocycles. The monoisotopic (exact) mass is 229 g/mol. The van der Waals surface area contributed by atoms with Gasteiger partial charge in [-0.2, -0.15) is 0 Å². The molecule has 0 saturated carbocycles. The maximum absolute atomic E-state index is 9.81. The van der Waals surface area contributed by atoms with Crippen molar-refractivity contribution >= 4 is 20.0 Å². The molecule has 80 valence electrons. The molecule has 0 bridgehead atoms. The van der Waals surface area contributed by atoms with Gasteiger partial charge in [-0.15, -0.1) is 21.2 Å². The van der Waals surface area contributed by atoms with Crippen molar-refractivity contribution in [3.63, 3.8) is 0 Å². The molecule has 0 spiro atoms. The highest BCUT2D eigenvalue weighted by atomic mass is 32.2. The Morgan fingerprint density at radius 1 is 1.38 bits per heavy atom. The van der Waals surface area contributed by atoms with Crippen LogP contribution in [0, 0.1) is 0 Å². The highest BCUT2D eigenvalue weighted by Crippen LogP contribution is 2.17. The van der Waals surface area contributed by atoms with Crippen molar-refractivity contribution < 1.29 is 19.1 Å². The van der Waals surface area contributed by atoms with Crippen LogP contribution in [-0.4, -0.2) is 28.3 Å². The fourth-order valence-electron chi connectivity index (χ4n) is 0.206. The number of aliphatic hydroxyl groups excluding tert-OH is 1. The van der Waals surface area contributed by atoms with E-state index in [2.05, 4.69) is 18.4 Å². The first-order valence-electron chi connectivity index (χ1n) is 4.16. The summed E-state index contributed by atoms with van der Waals surface area (Å²) in [6, 6.07) is 0. The summed E-state index contributed by atoms with van der Waals surface area (Å²) in [6.07, 6.45) is 2.64. The zero-order chi connectivity index (χ0) is 10.5. The van der Waals surface area contributed by atoms with Gasteiger partial charge in [-0.05, 0) is 0 Å². The summed E-state index contributed by atoms with van der Waals surface area (Å²) in [5, 5.41) is 8.22. The molecule has 0 aliphatic rings. The van der Waals surface area contributed by atoms with E-state index in [1.807, 2.05) is 0 Å². The molecule has 1 unspecified atom stereocenters. The van der Waals surface area contributed by atoms with Gasteiger partial charge in [-0.1, -0.05) is 26.7 Å². The number of rotatable bonds is 6. The topological polar surface area (TPSA) is 66.8 Å². The minimum atomic E-state index is -2.47. The van der Waals surface area contributed by atoms with Crippen molar-refractivity contribution in [3.8, 4) is 0 Å². The molecule has 13 heavy (non-hydrogen) atoms. The van der Waals surface area contributed by atoms with E-state index in [9.17, 15) is 4.57 Å². The average molecular weight is 229 g/mol. The first-order chi connectivity index (χ1) is 6.18. The van der Waals surface area contributed by atoms with E-state index in [4.69, 9.17) is 10.00 Å². The fraction of sp³-hybridized carbons (Fsp3) is 1.00. The molecule has 1 atom stereocenters. The summed E-state index contributed by atoms with van der Waals surface area (Å²) >= 11 is 1.27. The lowest BCUT2D eigenvalue weighted by molar-refractivity contribution is 0.317. The van der Waals surface area contributed by atoms with E-state index in [-0.39, 0.29) is 12.5 Å². The molecule has 0 aliphatic carbocycles. The number of hydrogen-bond acceptors (Lipinski definition) is 4. The second-order valence-electron chi connectivity index (χ2n) is 2.12. The van der Waals surface area contributed by atoms with Crippen LogP contribution in [0.1, 0.15) is 26.7 Å². The summed E-state index contributed by atoms with van der Waals surface area (Å²) in [4.78, 5) is 8.06. The lowest BCUT2D eigenvalue weighted by Crippen LogP contribution is -1.88. The van der Waals surface area contributed by atoms with Gasteiger partial charge in [0.15, 0.2) is 5.94 Å². The van der Waals surface area contributed by atoms with Crippen molar-refractivity contribution in [2.75, 3.05) is 18.3 Å². The molecule has 4 nitrogen and oxygen atoms in total. The SMILES string of the molecule is CCCC.O=[P+](O)OCSCCO. The van der Waals surface area contributed by atoms with Crippen molar-refractivity contribution in [1.82, 2.24) is 0 Å². The third kappa shape index (κ3) is 24.5. The van der Waals surface area contributed by atoms with Crippen LogP contribution in [0.2, 0.25) is 0 Å². The normalized spacial score (nSPS) is 10.3. The molecule has 0 saturated heterocycles.